The summed E-state index contributed by atoms with van der Waals surface area (Å²) in [7, 11) is 0. The van der Waals surface area contributed by atoms with Crippen LogP contribution < -0.4 is 0 Å². The summed E-state index contributed by atoms with van der Waals surface area (Å²) >= 11 is 1.77. The number of benzene rings is 1. The molecule has 1 atom stereocenters. The molecule has 0 saturated carbocycles. The standard InChI is InChI=1S/C24H25N3O3S/c28-23(26-11-9-25(10-12-26)17-20-7-4-14-31-20)21-15-18-5-1-2-6-19(18)16-27(21)24(29)22-8-3-13-30-22/h1-8,13-14,21H,9-12,15-17H2. The summed E-state index contributed by atoms with van der Waals surface area (Å²) in [6.45, 7) is 4.42. The van der Waals surface area contributed by atoms with Crippen LogP contribution in [0.2, 0.25) is 0 Å². The van der Waals surface area contributed by atoms with E-state index in [0.29, 0.717) is 26.1 Å². The van der Waals surface area contributed by atoms with Crippen molar-refractivity contribution in [3.63, 3.8) is 0 Å². The molecule has 2 aliphatic rings. The van der Waals surface area contributed by atoms with Crippen molar-refractivity contribution in [1.29, 1.82) is 0 Å². The molecule has 7 heteroatoms. The first-order valence-corrected chi connectivity index (χ1v) is 11.5. The third-order valence-electron chi connectivity index (χ3n) is 6.17. The van der Waals surface area contributed by atoms with Gasteiger partial charge in [0.05, 0.1) is 6.26 Å². The second-order valence-electron chi connectivity index (χ2n) is 8.08. The van der Waals surface area contributed by atoms with E-state index in [-0.39, 0.29) is 17.6 Å². The number of carbonyl (C=O) groups excluding carboxylic acids is 2. The molecule has 2 amide bonds. The molecule has 0 radical (unpaired) electrons. The number of piperazine rings is 1. The van der Waals surface area contributed by atoms with E-state index in [0.717, 1.165) is 30.8 Å². The summed E-state index contributed by atoms with van der Waals surface area (Å²) < 4.78 is 5.35. The fraction of sp³-hybridized carbons (Fsp3) is 0.333. The minimum atomic E-state index is -0.503. The second-order valence-corrected chi connectivity index (χ2v) is 9.11. The maximum atomic E-state index is 13.6. The number of thiophene rings is 1. The first-order chi connectivity index (χ1) is 15.2. The van der Waals surface area contributed by atoms with Crippen molar-refractivity contribution in [1.82, 2.24) is 14.7 Å². The average molecular weight is 436 g/mol. The molecule has 160 valence electrons. The Morgan fingerprint density at radius 3 is 2.48 bits per heavy atom. The zero-order chi connectivity index (χ0) is 21.2. The van der Waals surface area contributed by atoms with Crippen LogP contribution in [-0.4, -0.2) is 58.7 Å². The van der Waals surface area contributed by atoms with Crippen LogP contribution in [0.25, 0.3) is 0 Å². The molecule has 4 heterocycles. The predicted octanol–water partition coefficient (Wildman–Crippen LogP) is 3.25. The topological polar surface area (TPSA) is 57.0 Å². The highest BCUT2D eigenvalue weighted by atomic mass is 32.1. The van der Waals surface area contributed by atoms with Gasteiger partial charge in [-0.2, -0.15) is 0 Å². The van der Waals surface area contributed by atoms with Gasteiger partial charge in [-0.05, 0) is 34.7 Å². The lowest BCUT2D eigenvalue weighted by atomic mass is 9.92. The number of hydrogen-bond acceptors (Lipinski definition) is 5. The van der Waals surface area contributed by atoms with E-state index in [4.69, 9.17) is 4.42 Å². The van der Waals surface area contributed by atoms with Gasteiger partial charge < -0.3 is 14.2 Å². The summed E-state index contributed by atoms with van der Waals surface area (Å²) in [5.41, 5.74) is 2.23. The van der Waals surface area contributed by atoms with Gasteiger partial charge in [-0.1, -0.05) is 30.3 Å². The van der Waals surface area contributed by atoms with Gasteiger partial charge >= 0.3 is 0 Å². The van der Waals surface area contributed by atoms with Crippen LogP contribution in [0.15, 0.2) is 64.6 Å². The van der Waals surface area contributed by atoms with Gasteiger partial charge in [0.25, 0.3) is 5.91 Å². The maximum absolute atomic E-state index is 13.6. The van der Waals surface area contributed by atoms with Crippen LogP contribution in [0.3, 0.4) is 0 Å². The van der Waals surface area contributed by atoms with Crippen LogP contribution in [0, 0.1) is 0 Å². The number of hydrogen-bond donors (Lipinski definition) is 0. The number of nitrogens with zero attached hydrogens (tertiary/aromatic N) is 3. The van der Waals surface area contributed by atoms with E-state index in [1.807, 2.05) is 23.1 Å². The minimum Gasteiger partial charge on any atom is -0.459 e. The average Bonchev–Trinajstić information content (AvgIpc) is 3.52. The number of carbonyl (C=O) groups is 2. The Balaban J connectivity index is 1.31. The molecule has 1 unspecified atom stereocenters. The van der Waals surface area contributed by atoms with Crippen molar-refractivity contribution in [2.75, 3.05) is 26.2 Å². The largest absolute Gasteiger partial charge is 0.459 e. The van der Waals surface area contributed by atoms with Gasteiger partial charge in [0.1, 0.15) is 6.04 Å². The Hall–Kier alpha value is -2.90. The van der Waals surface area contributed by atoms with Gasteiger partial charge in [0, 0.05) is 50.6 Å². The van der Waals surface area contributed by atoms with Gasteiger partial charge in [0.15, 0.2) is 5.76 Å². The van der Waals surface area contributed by atoms with Crippen molar-refractivity contribution >= 4 is 23.2 Å². The molecule has 0 aliphatic carbocycles. The summed E-state index contributed by atoms with van der Waals surface area (Å²) in [4.78, 5) is 34.0. The highest BCUT2D eigenvalue weighted by Gasteiger charge is 2.38. The summed E-state index contributed by atoms with van der Waals surface area (Å²) in [6.07, 6.45) is 2.03. The van der Waals surface area contributed by atoms with Crippen LogP contribution in [-0.2, 0) is 24.3 Å². The predicted molar refractivity (Wildman–Crippen MR) is 119 cm³/mol. The highest BCUT2D eigenvalue weighted by molar-refractivity contribution is 7.09. The smallest absolute Gasteiger partial charge is 0.290 e. The van der Waals surface area contributed by atoms with Crippen LogP contribution in [0.1, 0.15) is 26.6 Å². The first-order valence-electron chi connectivity index (χ1n) is 10.6. The molecule has 3 aromatic rings. The third kappa shape index (κ3) is 4.16. The van der Waals surface area contributed by atoms with Crippen LogP contribution >= 0.6 is 11.3 Å². The van der Waals surface area contributed by atoms with E-state index < -0.39 is 6.04 Å². The Bertz CT molecular complexity index is 1040. The fourth-order valence-corrected chi connectivity index (χ4v) is 5.21. The van der Waals surface area contributed by atoms with Crippen molar-refractivity contribution in [2.24, 2.45) is 0 Å². The molecule has 0 N–H and O–H groups in total. The molecule has 1 aromatic carbocycles. The van der Waals surface area contributed by atoms with Crippen molar-refractivity contribution < 1.29 is 14.0 Å². The quantitative estimate of drug-likeness (QED) is 0.631. The molecule has 1 saturated heterocycles. The molecule has 6 nitrogen and oxygen atoms in total. The van der Waals surface area contributed by atoms with Crippen LogP contribution in [0.5, 0.6) is 0 Å². The Morgan fingerprint density at radius 2 is 1.77 bits per heavy atom. The molecule has 2 aromatic heterocycles. The molecular formula is C24H25N3O3S. The van der Waals surface area contributed by atoms with E-state index in [1.54, 1.807) is 28.4 Å². The van der Waals surface area contributed by atoms with Crippen LogP contribution in [0.4, 0.5) is 0 Å². The zero-order valence-corrected chi connectivity index (χ0v) is 18.1. The number of amides is 2. The third-order valence-corrected chi connectivity index (χ3v) is 7.03. The van der Waals surface area contributed by atoms with E-state index in [1.165, 1.54) is 11.1 Å². The molecule has 0 spiro atoms. The van der Waals surface area contributed by atoms with Gasteiger partial charge in [-0.25, -0.2) is 0 Å². The van der Waals surface area contributed by atoms with E-state index in [9.17, 15) is 9.59 Å². The van der Waals surface area contributed by atoms with Gasteiger partial charge in [-0.15, -0.1) is 11.3 Å². The van der Waals surface area contributed by atoms with Crippen molar-refractivity contribution in [2.45, 2.75) is 25.6 Å². The molecule has 5 rings (SSSR count). The van der Waals surface area contributed by atoms with Gasteiger partial charge in [-0.3, -0.25) is 14.5 Å². The number of rotatable bonds is 4. The second kappa shape index (κ2) is 8.69. The Kier molecular flexibility index (Phi) is 5.61. The molecule has 1 fully saturated rings. The molecule has 0 bridgehead atoms. The SMILES string of the molecule is O=C(C1Cc2ccccc2CN1C(=O)c1ccco1)N1CCN(Cc2cccs2)CC1. The highest BCUT2D eigenvalue weighted by Crippen LogP contribution is 2.27. The molecule has 2 aliphatic heterocycles. The lowest BCUT2D eigenvalue weighted by Crippen LogP contribution is -2.57. The monoisotopic (exact) mass is 435 g/mol. The summed E-state index contributed by atoms with van der Waals surface area (Å²) in [6, 6.07) is 15.1. The van der Waals surface area contributed by atoms with E-state index in [2.05, 4.69) is 28.5 Å². The first kappa shape index (κ1) is 20.0. The van der Waals surface area contributed by atoms with Crippen molar-refractivity contribution in [3.05, 3.63) is 81.9 Å². The summed E-state index contributed by atoms with van der Waals surface area (Å²) in [5.74, 6) is 0.0808. The lowest BCUT2D eigenvalue weighted by molar-refractivity contribution is -0.138. The molecule has 31 heavy (non-hydrogen) atoms. The van der Waals surface area contributed by atoms with Gasteiger partial charge in [0.2, 0.25) is 5.91 Å². The zero-order valence-electron chi connectivity index (χ0n) is 17.3. The molecular weight excluding hydrogens is 410 g/mol. The van der Waals surface area contributed by atoms with Crippen molar-refractivity contribution in [3.8, 4) is 0 Å². The fourth-order valence-electron chi connectivity index (χ4n) is 4.46. The van der Waals surface area contributed by atoms with E-state index >= 15 is 0 Å². The number of furan rings is 1. The number of fused-ring (bicyclic) bond motifs is 1. The maximum Gasteiger partial charge on any atom is 0.290 e. The normalized spacial score (nSPS) is 19.3. The lowest BCUT2D eigenvalue weighted by Gasteiger charge is -2.41. The minimum absolute atomic E-state index is 0.0326. The Morgan fingerprint density at radius 1 is 0.968 bits per heavy atom. The summed E-state index contributed by atoms with van der Waals surface area (Å²) in [5, 5.41) is 2.10. The Labute approximate surface area is 185 Å².